The second kappa shape index (κ2) is 6.12. The third-order valence-electron chi connectivity index (χ3n) is 2.17. The molecule has 92 valence electrons. The van der Waals surface area contributed by atoms with Gasteiger partial charge in [-0.3, -0.25) is 0 Å². The summed E-state index contributed by atoms with van der Waals surface area (Å²) in [6.45, 7) is 8.21. The molecule has 1 aromatic carbocycles. The van der Waals surface area contributed by atoms with Gasteiger partial charge in [0.2, 0.25) is 0 Å². The van der Waals surface area contributed by atoms with Crippen LogP contribution in [0.1, 0.15) is 45.7 Å². The SMILES string of the molecule is CC[C@H](N)c1ccc(OC(C)(C)C)cc1.Cl. The van der Waals surface area contributed by atoms with Crippen LogP contribution >= 0.6 is 12.4 Å². The van der Waals surface area contributed by atoms with Gasteiger partial charge in [-0.2, -0.15) is 0 Å². The Morgan fingerprint density at radius 3 is 2.06 bits per heavy atom. The molecule has 1 atom stereocenters. The van der Waals surface area contributed by atoms with Gasteiger partial charge in [-0.1, -0.05) is 19.1 Å². The predicted molar refractivity (Wildman–Crippen MR) is 71.3 cm³/mol. The number of benzene rings is 1. The van der Waals surface area contributed by atoms with Crippen molar-refractivity contribution in [2.24, 2.45) is 5.73 Å². The number of halogens is 1. The highest BCUT2D eigenvalue weighted by Crippen LogP contribution is 2.21. The van der Waals surface area contributed by atoms with Crippen LogP contribution < -0.4 is 10.5 Å². The van der Waals surface area contributed by atoms with Crippen LogP contribution in [0, 0.1) is 0 Å². The summed E-state index contributed by atoms with van der Waals surface area (Å²) < 4.78 is 5.73. The molecule has 2 nitrogen and oxygen atoms in total. The van der Waals surface area contributed by atoms with Crippen LogP contribution in [0.3, 0.4) is 0 Å². The molecule has 1 aromatic rings. The van der Waals surface area contributed by atoms with Gasteiger partial charge in [0.05, 0.1) is 0 Å². The molecule has 2 N–H and O–H groups in total. The molecule has 0 saturated carbocycles. The largest absolute Gasteiger partial charge is 0.488 e. The monoisotopic (exact) mass is 243 g/mol. The summed E-state index contributed by atoms with van der Waals surface area (Å²) in [6, 6.07) is 8.17. The van der Waals surface area contributed by atoms with Gasteiger partial charge in [-0.05, 0) is 44.9 Å². The van der Waals surface area contributed by atoms with Crippen LogP contribution in [0.4, 0.5) is 0 Å². The molecule has 0 bridgehead atoms. The molecule has 0 spiro atoms. The Balaban J connectivity index is 0.00000225. The zero-order chi connectivity index (χ0) is 11.5. The predicted octanol–water partition coefficient (Wildman–Crippen LogP) is 3.70. The minimum Gasteiger partial charge on any atom is -0.488 e. The topological polar surface area (TPSA) is 35.2 Å². The second-order valence-corrected chi connectivity index (χ2v) is 4.80. The summed E-state index contributed by atoms with van der Waals surface area (Å²) >= 11 is 0. The molecule has 0 unspecified atom stereocenters. The van der Waals surface area contributed by atoms with Gasteiger partial charge >= 0.3 is 0 Å². The number of nitrogens with two attached hydrogens (primary N) is 1. The van der Waals surface area contributed by atoms with Gasteiger partial charge < -0.3 is 10.5 Å². The first-order valence-electron chi connectivity index (χ1n) is 5.47. The lowest BCUT2D eigenvalue weighted by Gasteiger charge is -2.21. The summed E-state index contributed by atoms with van der Waals surface area (Å²) in [5, 5.41) is 0. The lowest BCUT2D eigenvalue weighted by atomic mass is 10.1. The zero-order valence-electron chi connectivity index (χ0n) is 10.5. The van der Waals surface area contributed by atoms with E-state index in [1.165, 1.54) is 5.56 Å². The number of rotatable bonds is 3. The van der Waals surface area contributed by atoms with E-state index in [-0.39, 0.29) is 24.0 Å². The Hall–Kier alpha value is -0.730. The van der Waals surface area contributed by atoms with Crippen molar-refractivity contribution in [2.45, 2.75) is 45.8 Å². The van der Waals surface area contributed by atoms with Crippen LogP contribution in [0.25, 0.3) is 0 Å². The van der Waals surface area contributed by atoms with Crippen LogP contribution in [-0.4, -0.2) is 5.60 Å². The summed E-state index contributed by atoms with van der Waals surface area (Å²) in [5.41, 5.74) is 6.95. The molecule has 1 rings (SSSR count). The Kier molecular flexibility index (Phi) is 5.84. The molecule has 3 heteroatoms. The first-order valence-corrected chi connectivity index (χ1v) is 5.47. The summed E-state index contributed by atoms with van der Waals surface area (Å²) in [5.74, 6) is 0.898. The number of hydrogen-bond acceptors (Lipinski definition) is 2. The van der Waals surface area contributed by atoms with E-state index in [2.05, 4.69) is 6.92 Å². The first kappa shape index (κ1) is 15.3. The van der Waals surface area contributed by atoms with Crippen molar-refractivity contribution in [3.8, 4) is 5.75 Å². The maximum atomic E-state index is 5.93. The van der Waals surface area contributed by atoms with E-state index in [4.69, 9.17) is 10.5 Å². The van der Waals surface area contributed by atoms with Crippen molar-refractivity contribution >= 4 is 12.4 Å². The molecule has 0 saturated heterocycles. The Labute approximate surface area is 105 Å². The smallest absolute Gasteiger partial charge is 0.120 e. The van der Waals surface area contributed by atoms with E-state index in [1.807, 2.05) is 45.0 Å². The molecule has 0 aliphatic carbocycles. The van der Waals surface area contributed by atoms with Crippen molar-refractivity contribution < 1.29 is 4.74 Å². The van der Waals surface area contributed by atoms with Gasteiger partial charge in [0.25, 0.3) is 0 Å². The van der Waals surface area contributed by atoms with Crippen molar-refractivity contribution in [1.29, 1.82) is 0 Å². The van der Waals surface area contributed by atoms with Gasteiger partial charge in [0.1, 0.15) is 11.4 Å². The van der Waals surface area contributed by atoms with Crippen molar-refractivity contribution in [3.63, 3.8) is 0 Å². The zero-order valence-corrected chi connectivity index (χ0v) is 11.3. The molecule has 0 radical (unpaired) electrons. The fourth-order valence-corrected chi connectivity index (χ4v) is 1.37. The summed E-state index contributed by atoms with van der Waals surface area (Å²) in [6.07, 6.45) is 0.958. The summed E-state index contributed by atoms with van der Waals surface area (Å²) in [7, 11) is 0. The fourth-order valence-electron chi connectivity index (χ4n) is 1.37. The normalized spacial score (nSPS) is 12.8. The van der Waals surface area contributed by atoms with Gasteiger partial charge in [0.15, 0.2) is 0 Å². The van der Waals surface area contributed by atoms with Crippen molar-refractivity contribution in [3.05, 3.63) is 29.8 Å². The molecule has 0 amide bonds. The van der Waals surface area contributed by atoms with E-state index in [0.717, 1.165) is 12.2 Å². The maximum Gasteiger partial charge on any atom is 0.120 e. The van der Waals surface area contributed by atoms with Crippen LogP contribution in [0.15, 0.2) is 24.3 Å². The lowest BCUT2D eigenvalue weighted by molar-refractivity contribution is 0.131. The van der Waals surface area contributed by atoms with Gasteiger partial charge in [0, 0.05) is 6.04 Å². The van der Waals surface area contributed by atoms with Crippen LogP contribution in [0.2, 0.25) is 0 Å². The highest BCUT2D eigenvalue weighted by atomic mass is 35.5. The highest BCUT2D eigenvalue weighted by molar-refractivity contribution is 5.85. The Morgan fingerprint density at radius 1 is 1.19 bits per heavy atom. The van der Waals surface area contributed by atoms with Gasteiger partial charge in [-0.25, -0.2) is 0 Å². The fraction of sp³-hybridized carbons (Fsp3) is 0.538. The summed E-state index contributed by atoms with van der Waals surface area (Å²) in [4.78, 5) is 0. The molecule has 0 aromatic heterocycles. The number of ether oxygens (including phenoxy) is 1. The van der Waals surface area contributed by atoms with Crippen molar-refractivity contribution in [1.82, 2.24) is 0 Å². The average molecular weight is 244 g/mol. The maximum absolute atomic E-state index is 5.93. The molecular formula is C13H22ClNO. The van der Waals surface area contributed by atoms with E-state index in [9.17, 15) is 0 Å². The van der Waals surface area contributed by atoms with Crippen molar-refractivity contribution in [2.75, 3.05) is 0 Å². The molecular weight excluding hydrogens is 222 g/mol. The Morgan fingerprint density at radius 2 is 1.69 bits per heavy atom. The van der Waals surface area contributed by atoms with E-state index in [1.54, 1.807) is 0 Å². The molecule has 0 fully saturated rings. The third kappa shape index (κ3) is 4.86. The molecule has 0 heterocycles. The van der Waals surface area contributed by atoms with E-state index in [0.29, 0.717) is 0 Å². The standard InChI is InChI=1S/C13H21NO.ClH/c1-5-12(14)10-6-8-11(9-7-10)15-13(2,3)4;/h6-9,12H,5,14H2,1-4H3;1H/t12-;/m0./s1. The minimum absolute atomic E-state index is 0. The van der Waals surface area contributed by atoms with E-state index < -0.39 is 0 Å². The highest BCUT2D eigenvalue weighted by Gasteiger charge is 2.11. The van der Waals surface area contributed by atoms with Crippen LogP contribution in [0.5, 0.6) is 5.75 Å². The Bertz CT molecular complexity index is 303. The molecule has 16 heavy (non-hydrogen) atoms. The molecule has 0 aliphatic heterocycles. The minimum atomic E-state index is -0.144. The quantitative estimate of drug-likeness (QED) is 0.879. The first-order chi connectivity index (χ1) is 6.92. The lowest BCUT2D eigenvalue weighted by Crippen LogP contribution is -2.22. The average Bonchev–Trinajstić information content (AvgIpc) is 2.15. The molecule has 0 aliphatic rings. The van der Waals surface area contributed by atoms with E-state index >= 15 is 0 Å². The third-order valence-corrected chi connectivity index (χ3v) is 2.17. The van der Waals surface area contributed by atoms with Crippen LogP contribution in [-0.2, 0) is 0 Å². The second-order valence-electron chi connectivity index (χ2n) is 4.80. The number of hydrogen-bond donors (Lipinski definition) is 1. The van der Waals surface area contributed by atoms with Gasteiger partial charge in [-0.15, -0.1) is 12.4 Å².